The third-order valence-electron chi connectivity index (χ3n) is 1.67. The first kappa shape index (κ1) is 9.86. The van der Waals surface area contributed by atoms with E-state index in [1.807, 2.05) is 13.0 Å². The Morgan fingerprint density at radius 3 is 2.92 bits per heavy atom. The summed E-state index contributed by atoms with van der Waals surface area (Å²) in [5, 5.41) is 3.25. The fraction of sp³-hybridized carbons (Fsp3) is 0.400. The van der Waals surface area contributed by atoms with Crippen molar-refractivity contribution in [3.05, 3.63) is 36.4 Å². The second kappa shape index (κ2) is 5.43. The zero-order valence-corrected chi connectivity index (χ0v) is 7.95. The lowest BCUT2D eigenvalue weighted by molar-refractivity contribution is 0.679. The van der Waals surface area contributed by atoms with E-state index in [2.05, 4.69) is 21.9 Å². The van der Waals surface area contributed by atoms with Crippen LogP contribution in [-0.2, 0) is 6.54 Å². The smallest absolute Gasteiger partial charge is 0.0724 e. The van der Waals surface area contributed by atoms with Crippen molar-refractivity contribution in [1.82, 2.24) is 15.3 Å². The zero-order valence-electron chi connectivity index (χ0n) is 7.95. The molecule has 0 unspecified atom stereocenters. The van der Waals surface area contributed by atoms with Gasteiger partial charge in [-0.2, -0.15) is 0 Å². The van der Waals surface area contributed by atoms with Gasteiger partial charge in [0.15, 0.2) is 0 Å². The van der Waals surface area contributed by atoms with Gasteiger partial charge < -0.3 is 5.32 Å². The van der Waals surface area contributed by atoms with Gasteiger partial charge in [0, 0.05) is 18.9 Å². The number of aromatic nitrogens is 2. The Balaban J connectivity index is 2.28. The van der Waals surface area contributed by atoms with Crippen molar-refractivity contribution in [3.8, 4) is 0 Å². The van der Waals surface area contributed by atoms with E-state index in [-0.39, 0.29) is 0 Å². The van der Waals surface area contributed by atoms with E-state index in [0.29, 0.717) is 0 Å². The molecule has 0 spiro atoms. The number of aryl methyl sites for hydroxylation is 1. The lowest BCUT2D eigenvalue weighted by Crippen LogP contribution is -2.15. The van der Waals surface area contributed by atoms with Crippen LogP contribution in [0.25, 0.3) is 0 Å². The van der Waals surface area contributed by atoms with Gasteiger partial charge in [-0.1, -0.05) is 6.08 Å². The van der Waals surface area contributed by atoms with Crippen LogP contribution in [0.4, 0.5) is 0 Å². The molecule has 0 bridgehead atoms. The predicted molar refractivity (Wildman–Crippen MR) is 53.3 cm³/mol. The van der Waals surface area contributed by atoms with Crippen LogP contribution in [0.3, 0.4) is 0 Å². The zero-order chi connectivity index (χ0) is 9.52. The van der Waals surface area contributed by atoms with E-state index in [0.717, 1.165) is 30.9 Å². The van der Waals surface area contributed by atoms with E-state index < -0.39 is 0 Å². The van der Waals surface area contributed by atoms with Crippen molar-refractivity contribution in [2.45, 2.75) is 19.9 Å². The highest BCUT2D eigenvalue weighted by Gasteiger charge is 1.92. The third-order valence-corrected chi connectivity index (χ3v) is 1.67. The number of nitrogens with zero attached hydrogens (tertiary/aromatic N) is 2. The monoisotopic (exact) mass is 177 g/mol. The van der Waals surface area contributed by atoms with E-state index >= 15 is 0 Å². The van der Waals surface area contributed by atoms with Gasteiger partial charge in [0.05, 0.1) is 11.4 Å². The van der Waals surface area contributed by atoms with E-state index in [1.165, 1.54) is 0 Å². The molecule has 0 saturated heterocycles. The average molecular weight is 177 g/mol. The number of rotatable bonds is 5. The van der Waals surface area contributed by atoms with Crippen molar-refractivity contribution in [2.75, 3.05) is 6.54 Å². The molecule has 1 heterocycles. The van der Waals surface area contributed by atoms with Crippen LogP contribution in [0.15, 0.2) is 25.0 Å². The highest BCUT2D eigenvalue weighted by atomic mass is 14.9. The molecule has 3 nitrogen and oxygen atoms in total. The molecule has 70 valence electrons. The SMILES string of the molecule is C=CCCNCc1cnc(C)cn1. The van der Waals surface area contributed by atoms with E-state index in [1.54, 1.807) is 12.4 Å². The summed E-state index contributed by atoms with van der Waals surface area (Å²) in [4.78, 5) is 8.38. The minimum atomic E-state index is 0.779. The van der Waals surface area contributed by atoms with Crippen molar-refractivity contribution in [3.63, 3.8) is 0 Å². The van der Waals surface area contributed by atoms with Crippen LogP contribution in [0.2, 0.25) is 0 Å². The first-order valence-corrected chi connectivity index (χ1v) is 4.42. The maximum absolute atomic E-state index is 4.23. The molecule has 0 saturated carbocycles. The lowest BCUT2D eigenvalue weighted by atomic mass is 10.4. The molecule has 3 heteroatoms. The summed E-state index contributed by atoms with van der Waals surface area (Å²) in [5.74, 6) is 0. The molecule has 0 aliphatic heterocycles. The molecule has 0 aromatic carbocycles. The Morgan fingerprint density at radius 1 is 1.46 bits per heavy atom. The summed E-state index contributed by atoms with van der Waals surface area (Å²) in [6.45, 7) is 7.30. The third kappa shape index (κ3) is 3.80. The molecule has 0 fully saturated rings. The van der Waals surface area contributed by atoms with Crippen LogP contribution in [0.1, 0.15) is 17.8 Å². The van der Waals surface area contributed by atoms with Crippen LogP contribution < -0.4 is 5.32 Å². The first-order chi connectivity index (χ1) is 6.33. The van der Waals surface area contributed by atoms with Crippen molar-refractivity contribution < 1.29 is 0 Å². The maximum atomic E-state index is 4.23. The van der Waals surface area contributed by atoms with Gasteiger partial charge in [0.25, 0.3) is 0 Å². The van der Waals surface area contributed by atoms with E-state index in [9.17, 15) is 0 Å². The molecule has 0 atom stereocenters. The van der Waals surface area contributed by atoms with Gasteiger partial charge in [0.2, 0.25) is 0 Å². The molecule has 13 heavy (non-hydrogen) atoms. The minimum Gasteiger partial charge on any atom is -0.311 e. The Morgan fingerprint density at radius 2 is 2.31 bits per heavy atom. The highest BCUT2D eigenvalue weighted by molar-refractivity contribution is 5.00. The number of nitrogens with one attached hydrogen (secondary N) is 1. The topological polar surface area (TPSA) is 37.8 Å². The highest BCUT2D eigenvalue weighted by Crippen LogP contribution is 1.93. The first-order valence-electron chi connectivity index (χ1n) is 4.42. The molecular formula is C10H15N3. The summed E-state index contributed by atoms with van der Waals surface area (Å²) < 4.78 is 0. The molecule has 0 aliphatic rings. The van der Waals surface area contributed by atoms with Crippen LogP contribution in [0.5, 0.6) is 0 Å². The molecule has 0 aliphatic carbocycles. The number of hydrogen-bond donors (Lipinski definition) is 1. The molecule has 1 N–H and O–H groups in total. The van der Waals surface area contributed by atoms with Crippen LogP contribution in [0, 0.1) is 6.92 Å². The molecule has 1 rings (SSSR count). The van der Waals surface area contributed by atoms with E-state index in [4.69, 9.17) is 0 Å². The average Bonchev–Trinajstić information content (AvgIpc) is 2.15. The molecule has 0 radical (unpaired) electrons. The van der Waals surface area contributed by atoms with Gasteiger partial charge in [-0.3, -0.25) is 9.97 Å². The van der Waals surface area contributed by atoms with Gasteiger partial charge in [-0.25, -0.2) is 0 Å². The fourth-order valence-corrected chi connectivity index (χ4v) is 0.931. The van der Waals surface area contributed by atoms with Gasteiger partial charge in [-0.05, 0) is 19.9 Å². The lowest BCUT2D eigenvalue weighted by Gasteiger charge is -2.01. The largest absolute Gasteiger partial charge is 0.311 e. The van der Waals surface area contributed by atoms with Crippen molar-refractivity contribution >= 4 is 0 Å². The molecule has 1 aromatic heterocycles. The molecular weight excluding hydrogens is 162 g/mol. The van der Waals surface area contributed by atoms with Gasteiger partial charge >= 0.3 is 0 Å². The predicted octanol–water partition coefficient (Wildman–Crippen LogP) is 1.45. The van der Waals surface area contributed by atoms with Crippen LogP contribution >= 0.6 is 0 Å². The van der Waals surface area contributed by atoms with Gasteiger partial charge in [0.1, 0.15) is 0 Å². The summed E-state index contributed by atoms with van der Waals surface area (Å²) in [5.41, 5.74) is 1.93. The second-order valence-electron chi connectivity index (χ2n) is 2.90. The van der Waals surface area contributed by atoms with Crippen LogP contribution in [-0.4, -0.2) is 16.5 Å². The molecule has 0 amide bonds. The quantitative estimate of drug-likeness (QED) is 0.546. The Labute approximate surface area is 78.9 Å². The van der Waals surface area contributed by atoms with Gasteiger partial charge in [-0.15, -0.1) is 6.58 Å². The standard InChI is InChI=1S/C10H15N3/c1-3-4-5-11-7-10-8-12-9(2)6-13-10/h3,6,8,11H,1,4-5,7H2,2H3. The summed E-state index contributed by atoms with van der Waals surface area (Å²) in [6, 6.07) is 0. The Hall–Kier alpha value is -1.22. The normalized spacial score (nSPS) is 9.92. The van der Waals surface area contributed by atoms with Crippen molar-refractivity contribution in [1.29, 1.82) is 0 Å². The second-order valence-corrected chi connectivity index (χ2v) is 2.90. The number of hydrogen-bond acceptors (Lipinski definition) is 3. The summed E-state index contributed by atoms with van der Waals surface area (Å²) in [7, 11) is 0. The minimum absolute atomic E-state index is 0.779. The molecule has 1 aromatic rings. The van der Waals surface area contributed by atoms with Crippen molar-refractivity contribution in [2.24, 2.45) is 0 Å². The Kier molecular flexibility index (Phi) is 4.12. The Bertz CT molecular complexity index is 253. The summed E-state index contributed by atoms with van der Waals surface area (Å²) in [6.07, 6.45) is 6.47. The fourth-order valence-electron chi connectivity index (χ4n) is 0.931. The summed E-state index contributed by atoms with van der Waals surface area (Å²) >= 11 is 0. The maximum Gasteiger partial charge on any atom is 0.0724 e.